The quantitative estimate of drug-likeness (QED) is 0.611. The van der Waals surface area contributed by atoms with Gasteiger partial charge in [-0.1, -0.05) is 34.1 Å². The molecule has 0 aliphatic heterocycles. The summed E-state index contributed by atoms with van der Waals surface area (Å²) < 4.78 is 0. The summed E-state index contributed by atoms with van der Waals surface area (Å²) in [5, 5.41) is 0.832. The van der Waals surface area contributed by atoms with Crippen LogP contribution in [0.5, 0.6) is 0 Å². The van der Waals surface area contributed by atoms with Crippen LogP contribution in [0, 0.1) is 11.8 Å². The normalized spacial score (nSPS) is 19.4. The molecule has 0 rings (SSSR count). The van der Waals surface area contributed by atoms with Crippen LogP contribution in [0.1, 0.15) is 40.5 Å². The Labute approximate surface area is 76.1 Å². The average Bonchev–Trinajstić information content (AvgIpc) is 2.02. The Morgan fingerprint density at radius 3 is 2.00 bits per heavy atom. The maximum absolute atomic E-state index is 2.38. The Balaban J connectivity index is 3.58. The smallest absolute Gasteiger partial charge is 0.00185 e. The minimum Gasteiger partial charge on any atom is -0.162 e. The lowest BCUT2D eigenvalue weighted by Gasteiger charge is -2.20. The van der Waals surface area contributed by atoms with Crippen molar-refractivity contribution >= 4 is 11.8 Å². The minimum absolute atomic E-state index is 0.832. The summed E-state index contributed by atoms with van der Waals surface area (Å²) in [5.74, 6) is 1.78. The van der Waals surface area contributed by atoms with Gasteiger partial charge in [-0.05, 0) is 24.5 Å². The lowest BCUT2D eigenvalue weighted by molar-refractivity contribution is 0.355. The molecule has 0 bridgehead atoms. The molecule has 0 aromatic rings. The fraction of sp³-hybridized carbons (Fsp3) is 1.00. The van der Waals surface area contributed by atoms with Crippen LogP contribution in [-0.2, 0) is 0 Å². The number of rotatable bonds is 5. The van der Waals surface area contributed by atoms with Gasteiger partial charge in [0, 0.05) is 5.25 Å². The minimum atomic E-state index is 0.832. The van der Waals surface area contributed by atoms with Crippen LogP contribution in [0.3, 0.4) is 0 Å². The molecule has 0 aromatic heterocycles. The highest BCUT2D eigenvalue weighted by Gasteiger charge is 2.12. The Hall–Kier alpha value is 0.350. The predicted molar refractivity (Wildman–Crippen MR) is 56.2 cm³/mol. The van der Waals surface area contributed by atoms with Gasteiger partial charge in [0.1, 0.15) is 0 Å². The zero-order valence-corrected chi connectivity index (χ0v) is 9.37. The maximum Gasteiger partial charge on any atom is 0.00185 e. The third kappa shape index (κ3) is 4.73. The molecule has 0 amide bonds. The zero-order chi connectivity index (χ0) is 8.85. The first-order valence-electron chi connectivity index (χ1n) is 4.64. The SMILES string of the molecule is CC[C@@H](C)C(C)CC(C)SC. The van der Waals surface area contributed by atoms with Crippen LogP contribution in [0.4, 0.5) is 0 Å². The summed E-state index contributed by atoms with van der Waals surface area (Å²) in [5.41, 5.74) is 0. The fourth-order valence-corrected chi connectivity index (χ4v) is 1.75. The van der Waals surface area contributed by atoms with E-state index in [0.29, 0.717) is 0 Å². The molecular formula is C10H22S. The Bertz CT molecular complexity index is 90.9. The predicted octanol–water partition coefficient (Wildman–Crippen LogP) is 3.81. The Morgan fingerprint density at radius 2 is 1.64 bits per heavy atom. The van der Waals surface area contributed by atoms with E-state index >= 15 is 0 Å². The van der Waals surface area contributed by atoms with Gasteiger partial charge in [0.05, 0.1) is 0 Å². The van der Waals surface area contributed by atoms with Gasteiger partial charge in [0.2, 0.25) is 0 Å². The van der Waals surface area contributed by atoms with E-state index in [1.807, 2.05) is 11.8 Å². The van der Waals surface area contributed by atoms with Crippen molar-refractivity contribution < 1.29 is 0 Å². The summed E-state index contributed by atoms with van der Waals surface area (Å²) in [6.45, 7) is 9.34. The summed E-state index contributed by atoms with van der Waals surface area (Å²) in [6, 6.07) is 0. The van der Waals surface area contributed by atoms with Crippen LogP contribution in [0.15, 0.2) is 0 Å². The van der Waals surface area contributed by atoms with Gasteiger partial charge in [0.25, 0.3) is 0 Å². The monoisotopic (exact) mass is 174 g/mol. The summed E-state index contributed by atoms with van der Waals surface area (Å²) in [6.07, 6.45) is 4.90. The van der Waals surface area contributed by atoms with E-state index in [1.54, 1.807) is 0 Å². The fourth-order valence-electron chi connectivity index (χ4n) is 1.25. The van der Waals surface area contributed by atoms with Crippen molar-refractivity contribution in [1.29, 1.82) is 0 Å². The van der Waals surface area contributed by atoms with Gasteiger partial charge in [-0.25, -0.2) is 0 Å². The molecule has 11 heavy (non-hydrogen) atoms. The molecule has 0 aliphatic rings. The third-order valence-corrected chi connectivity index (χ3v) is 3.72. The molecule has 0 saturated heterocycles. The molecule has 0 saturated carbocycles. The van der Waals surface area contributed by atoms with Crippen LogP contribution in [0.25, 0.3) is 0 Å². The van der Waals surface area contributed by atoms with Crippen molar-refractivity contribution in [3.8, 4) is 0 Å². The summed E-state index contributed by atoms with van der Waals surface area (Å²) in [4.78, 5) is 0. The van der Waals surface area contributed by atoms with Gasteiger partial charge in [-0.3, -0.25) is 0 Å². The topological polar surface area (TPSA) is 0 Å². The van der Waals surface area contributed by atoms with Crippen LogP contribution in [0.2, 0.25) is 0 Å². The standard InChI is InChI=1S/C10H22S/c1-6-8(2)9(3)7-10(4)11-5/h8-10H,6-7H2,1-5H3/t8-,9?,10?/m1/s1. The Kier molecular flexibility index (Phi) is 6.12. The highest BCUT2D eigenvalue weighted by Crippen LogP contribution is 2.23. The molecule has 0 heterocycles. The maximum atomic E-state index is 2.38. The van der Waals surface area contributed by atoms with Crippen molar-refractivity contribution in [2.45, 2.75) is 45.8 Å². The lowest BCUT2D eigenvalue weighted by Crippen LogP contribution is -2.11. The number of hydrogen-bond donors (Lipinski definition) is 0. The first kappa shape index (κ1) is 11.4. The Morgan fingerprint density at radius 1 is 1.09 bits per heavy atom. The van der Waals surface area contributed by atoms with Gasteiger partial charge >= 0.3 is 0 Å². The van der Waals surface area contributed by atoms with Gasteiger partial charge in [-0.2, -0.15) is 11.8 Å². The first-order valence-corrected chi connectivity index (χ1v) is 5.93. The molecule has 0 radical (unpaired) electrons. The molecule has 0 spiro atoms. The van der Waals surface area contributed by atoms with Gasteiger partial charge in [-0.15, -0.1) is 0 Å². The van der Waals surface area contributed by atoms with Crippen LogP contribution in [-0.4, -0.2) is 11.5 Å². The van der Waals surface area contributed by atoms with E-state index in [9.17, 15) is 0 Å². The molecule has 2 unspecified atom stereocenters. The van der Waals surface area contributed by atoms with E-state index < -0.39 is 0 Å². The zero-order valence-electron chi connectivity index (χ0n) is 8.55. The molecular weight excluding hydrogens is 152 g/mol. The summed E-state index contributed by atoms with van der Waals surface area (Å²) >= 11 is 1.98. The number of thioether (sulfide) groups is 1. The van der Waals surface area contributed by atoms with Gasteiger partial charge < -0.3 is 0 Å². The molecule has 68 valence electrons. The van der Waals surface area contributed by atoms with Crippen LogP contribution < -0.4 is 0 Å². The molecule has 0 aliphatic carbocycles. The molecule has 0 fully saturated rings. The third-order valence-electron chi connectivity index (χ3n) is 2.72. The largest absolute Gasteiger partial charge is 0.162 e. The summed E-state index contributed by atoms with van der Waals surface area (Å²) in [7, 11) is 0. The molecule has 0 N–H and O–H groups in total. The van der Waals surface area contributed by atoms with Crippen molar-refractivity contribution in [3.05, 3.63) is 0 Å². The van der Waals surface area contributed by atoms with E-state index in [1.165, 1.54) is 12.8 Å². The van der Waals surface area contributed by atoms with E-state index in [-0.39, 0.29) is 0 Å². The van der Waals surface area contributed by atoms with Crippen molar-refractivity contribution in [1.82, 2.24) is 0 Å². The molecule has 0 aromatic carbocycles. The van der Waals surface area contributed by atoms with Crippen molar-refractivity contribution in [3.63, 3.8) is 0 Å². The van der Waals surface area contributed by atoms with E-state index in [2.05, 4.69) is 34.0 Å². The highest BCUT2D eigenvalue weighted by atomic mass is 32.2. The first-order chi connectivity index (χ1) is 5.11. The second-order valence-corrected chi connectivity index (χ2v) is 4.92. The molecule has 1 heteroatoms. The lowest BCUT2D eigenvalue weighted by atomic mass is 9.90. The second-order valence-electron chi connectivity index (χ2n) is 3.64. The highest BCUT2D eigenvalue weighted by molar-refractivity contribution is 7.99. The van der Waals surface area contributed by atoms with Crippen molar-refractivity contribution in [2.24, 2.45) is 11.8 Å². The van der Waals surface area contributed by atoms with Gasteiger partial charge in [0.15, 0.2) is 0 Å². The number of hydrogen-bond acceptors (Lipinski definition) is 1. The second kappa shape index (κ2) is 5.93. The molecule has 0 nitrogen and oxygen atoms in total. The van der Waals surface area contributed by atoms with Crippen LogP contribution >= 0.6 is 11.8 Å². The van der Waals surface area contributed by atoms with Crippen molar-refractivity contribution in [2.75, 3.05) is 6.26 Å². The average molecular weight is 174 g/mol. The van der Waals surface area contributed by atoms with E-state index in [0.717, 1.165) is 17.1 Å². The van der Waals surface area contributed by atoms with E-state index in [4.69, 9.17) is 0 Å². The molecule has 3 atom stereocenters.